The molecule has 17 heteroatoms. The molecular formula is C25H32ClN7O7S2. The van der Waals surface area contributed by atoms with Crippen molar-refractivity contribution in [2.24, 2.45) is 10.9 Å². The van der Waals surface area contributed by atoms with Crippen molar-refractivity contribution >= 4 is 44.5 Å². The lowest BCUT2D eigenvalue weighted by Crippen LogP contribution is -2.49. The molecule has 0 amide bonds. The molecule has 1 aliphatic rings. The van der Waals surface area contributed by atoms with E-state index >= 15 is 0 Å². The first-order valence-electron chi connectivity index (χ1n) is 12.7. The second-order valence-corrected chi connectivity index (χ2v) is 12.3. The molecule has 42 heavy (non-hydrogen) atoms. The summed E-state index contributed by atoms with van der Waals surface area (Å²) < 4.78 is 60.6. The van der Waals surface area contributed by atoms with Crippen LogP contribution in [0.15, 0.2) is 75.9 Å². The minimum atomic E-state index is -4.58. The number of benzene rings is 2. The second kappa shape index (κ2) is 14.4. The van der Waals surface area contributed by atoms with Gasteiger partial charge in [-0.05, 0) is 54.4 Å². The highest BCUT2D eigenvalue weighted by Gasteiger charge is 2.34. The number of nitrogens with one attached hydrogen (secondary N) is 1. The van der Waals surface area contributed by atoms with Crippen LogP contribution in [0, 0.1) is 6.92 Å². The van der Waals surface area contributed by atoms with E-state index in [-0.39, 0.29) is 47.9 Å². The van der Waals surface area contributed by atoms with Crippen LogP contribution in [0.5, 0.6) is 11.5 Å². The monoisotopic (exact) mass is 641 g/mol. The number of piperazine rings is 1. The van der Waals surface area contributed by atoms with E-state index in [1.54, 1.807) is 31.5 Å². The standard InChI is InChI=1S/C25H31N7O7S2.ClH/c1-3-15-37-29-24(26)30-38-20-16-19(2)17-21(18-20)39-41(35,36)23-8-5-4-7-22(23)40(33,34)32-13-11-31(12-14-32)25-27-9-6-10-28-25;/h4-10,16-18H,3,11-15H2,1-2H3,(H3,26,29,30);1H. The van der Waals surface area contributed by atoms with Crippen LogP contribution in [-0.4, -0.2) is 69.9 Å². The first kappa shape index (κ1) is 32.7. The van der Waals surface area contributed by atoms with Crippen LogP contribution in [0.4, 0.5) is 5.95 Å². The van der Waals surface area contributed by atoms with Crippen LogP contribution >= 0.6 is 12.4 Å². The van der Waals surface area contributed by atoms with Gasteiger partial charge in [-0.15, -0.1) is 12.4 Å². The van der Waals surface area contributed by atoms with Crippen molar-refractivity contribution in [3.8, 4) is 11.5 Å². The van der Waals surface area contributed by atoms with E-state index in [9.17, 15) is 16.8 Å². The summed E-state index contributed by atoms with van der Waals surface area (Å²) in [5.74, 6) is 0.428. The van der Waals surface area contributed by atoms with Gasteiger partial charge >= 0.3 is 10.1 Å². The Morgan fingerprint density at radius 1 is 0.976 bits per heavy atom. The van der Waals surface area contributed by atoms with Gasteiger partial charge in [0.15, 0.2) is 5.75 Å². The molecule has 0 spiro atoms. The fraction of sp³-hybridized carbons (Fsp3) is 0.320. The number of anilines is 1. The molecule has 0 saturated carbocycles. The number of aromatic nitrogens is 2. The van der Waals surface area contributed by atoms with E-state index in [0.29, 0.717) is 31.2 Å². The molecular weight excluding hydrogens is 610 g/mol. The summed E-state index contributed by atoms with van der Waals surface area (Å²) in [6, 6.07) is 11.4. The average molecular weight is 642 g/mol. The topological polar surface area (TPSA) is 179 Å². The van der Waals surface area contributed by atoms with Gasteiger partial charge in [-0.3, -0.25) is 0 Å². The molecule has 1 fully saturated rings. The summed E-state index contributed by atoms with van der Waals surface area (Å²) in [6.45, 7) is 4.91. The molecule has 0 unspecified atom stereocenters. The molecule has 2 aromatic carbocycles. The molecule has 1 aromatic heterocycles. The number of hydrogen-bond donors (Lipinski definition) is 2. The Morgan fingerprint density at radius 2 is 1.62 bits per heavy atom. The van der Waals surface area contributed by atoms with Gasteiger partial charge in [0.2, 0.25) is 16.0 Å². The number of guanidine groups is 1. The largest absolute Gasteiger partial charge is 0.393 e. The Labute approximate surface area is 251 Å². The highest BCUT2D eigenvalue weighted by molar-refractivity contribution is 7.91. The van der Waals surface area contributed by atoms with Crippen molar-refractivity contribution in [3.63, 3.8) is 0 Å². The van der Waals surface area contributed by atoms with Gasteiger partial charge in [0, 0.05) is 44.6 Å². The van der Waals surface area contributed by atoms with Crippen LogP contribution in [0.25, 0.3) is 0 Å². The summed E-state index contributed by atoms with van der Waals surface area (Å²) in [5.41, 5.74) is 8.66. The minimum Gasteiger partial charge on any atom is -0.393 e. The van der Waals surface area contributed by atoms with Crippen molar-refractivity contribution in [1.29, 1.82) is 0 Å². The van der Waals surface area contributed by atoms with E-state index in [1.165, 1.54) is 40.7 Å². The number of nitrogens with two attached hydrogens (primary N) is 1. The Hall–Kier alpha value is -3.86. The molecule has 1 saturated heterocycles. The lowest BCUT2D eigenvalue weighted by atomic mass is 10.2. The van der Waals surface area contributed by atoms with Gasteiger partial charge in [-0.25, -0.2) is 18.4 Å². The van der Waals surface area contributed by atoms with Gasteiger partial charge in [-0.1, -0.05) is 19.1 Å². The molecule has 2 heterocycles. The Bertz CT molecular complexity index is 1590. The number of halogens is 1. The first-order chi connectivity index (χ1) is 19.6. The summed E-state index contributed by atoms with van der Waals surface area (Å²) >= 11 is 0. The van der Waals surface area contributed by atoms with Crippen LogP contribution < -0.4 is 25.1 Å². The fourth-order valence-corrected chi connectivity index (χ4v) is 7.04. The number of aryl methyl sites for hydroxylation is 1. The van der Waals surface area contributed by atoms with Crippen molar-refractivity contribution in [2.75, 3.05) is 37.7 Å². The van der Waals surface area contributed by atoms with Crippen LogP contribution in [0.1, 0.15) is 18.9 Å². The number of rotatable bonds is 11. The zero-order chi connectivity index (χ0) is 29.5. The van der Waals surface area contributed by atoms with Gasteiger partial charge in [-0.2, -0.15) is 18.2 Å². The summed E-state index contributed by atoms with van der Waals surface area (Å²) in [5, 5.41) is 3.63. The molecule has 0 bridgehead atoms. The normalized spacial score (nSPS) is 14.5. The molecule has 3 N–H and O–H groups in total. The van der Waals surface area contributed by atoms with Crippen LogP contribution in [0.3, 0.4) is 0 Å². The lowest BCUT2D eigenvalue weighted by Gasteiger charge is -2.34. The smallest absolute Gasteiger partial charge is 0.340 e. The van der Waals surface area contributed by atoms with Crippen molar-refractivity contribution in [1.82, 2.24) is 19.8 Å². The van der Waals surface area contributed by atoms with Crippen molar-refractivity contribution in [2.45, 2.75) is 30.1 Å². The minimum absolute atomic E-state index is 0. The van der Waals surface area contributed by atoms with E-state index in [2.05, 4.69) is 20.6 Å². The van der Waals surface area contributed by atoms with Crippen LogP contribution in [0.2, 0.25) is 0 Å². The zero-order valence-electron chi connectivity index (χ0n) is 22.9. The summed E-state index contributed by atoms with van der Waals surface area (Å²) in [7, 11) is -8.76. The third-order valence-corrected chi connectivity index (χ3v) is 9.16. The van der Waals surface area contributed by atoms with E-state index in [4.69, 9.17) is 19.6 Å². The van der Waals surface area contributed by atoms with E-state index in [1.807, 2.05) is 11.8 Å². The Morgan fingerprint density at radius 3 is 2.29 bits per heavy atom. The predicted octanol–water partition coefficient (Wildman–Crippen LogP) is 2.03. The van der Waals surface area contributed by atoms with Crippen LogP contribution in [-0.2, 0) is 25.0 Å². The lowest BCUT2D eigenvalue weighted by molar-refractivity contribution is 0.138. The molecule has 3 aromatic rings. The third kappa shape index (κ3) is 8.12. The first-order valence-corrected chi connectivity index (χ1v) is 15.5. The molecule has 4 rings (SSSR count). The average Bonchev–Trinajstić information content (AvgIpc) is 2.96. The number of sulfonamides is 1. The fourth-order valence-electron chi connectivity index (χ4n) is 3.92. The van der Waals surface area contributed by atoms with E-state index < -0.39 is 25.0 Å². The molecule has 0 atom stereocenters. The maximum absolute atomic E-state index is 13.6. The summed E-state index contributed by atoms with van der Waals surface area (Å²) in [4.78, 5) is 19.7. The molecule has 1 aliphatic heterocycles. The maximum Gasteiger partial charge on any atom is 0.340 e. The van der Waals surface area contributed by atoms with E-state index in [0.717, 1.165) is 6.42 Å². The highest BCUT2D eigenvalue weighted by Crippen LogP contribution is 2.30. The number of oxime groups is 1. The van der Waals surface area contributed by atoms with Gasteiger partial charge in [0.05, 0.1) is 0 Å². The van der Waals surface area contributed by atoms with Crippen molar-refractivity contribution < 1.29 is 30.7 Å². The van der Waals surface area contributed by atoms with Gasteiger partial charge < -0.3 is 24.5 Å². The quantitative estimate of drug-likeness (QED) is 0.102. The Balaban J connectivity index is 0.00000484. The number of hydrogen-bond acceptors (Lipinski definition) is 11. The number of hydroxylamine groups is 1. The second-order valence-electron chi connectivity index (χ2n) is 8.92. The predicted molar refractivity (Wildman–Crippen MR) is 157 cm³/mol. The molecule has 0 radical (unpaired) electrons. The number of nitrogens with zero attached hydrogens (tertiary/aromatic N) is 5. The Kier molecular flexibility index (Phi) is 11.2. The third-order valence-electron chi connectivity index (χ3n) is 5.77. The van der Waals surface area contributed by atoms with Crippen molar-refractivity contribution in [3.05, 3.63) is 66.5 Å². The maximum atomic E-state index is 13.6. The highest BCUT2D eigenvalue weighted by atomic mass is 35.5. The van der Waals surface area contributed by atoms with Gasteiger partial charge in [0.25, 0.3) is 5.96 Å². The molecule has 14 nitrogen and oxygen atoms in total. The summed E-state index contributed by atoms with van der Waals surface area (Å²) in [6.07, 6.45) is 3.97. The molecule has 0 aliphatic carbocycles. The SMILES string of the molecule is CCCON=C(N)NOc1cc(C)cc(OS(=O)(=O)c2ccccc2S(=O)(=O)N2CCN(c3ncccn3)CC2)c1.Cl. The molecule has 228 valence electrons. The van der Waals surface area contributed by atoms with Gasteiger partial charge in [0.1, 0.15) is 22.1 Å². The zero-order valence-corrected chi connectivity index (χ0v) is 25.4.